The first-order valence-corrected chi connectivity index (χ1v) is 7.24. The lowest BCUT2D eigenvalue weighted by molar-refractivity contribution is -0.136. The summed E-state index contributed by atoms with van der Waals surface area (Å²) in [4.78, 5) is 13.7. The van der Waals surface area contributed by atoms with E-state index in [0.717, 1.165) is 36.4 Å². The molecule has 0 radical (unpaired) electrons. The molecule has 3 rings (SSSR count). The molecule has 0 aliphatic carbocycles. The minimum absolute atomic E-state index is 0.381. The fourth-order valence-corrected chi connectivity index (χ4v) is 3.05. The standard InChI is InChI=1S/C14H17F3N4O/c1-9-3-2-4-20(6-9)7-10-5-11(14(15,16)17)12-18-19-13(22)21(12)8-10/h5,8-9H,2-4,6-7H2,1H3,(H,19,22)/t9-/m0/s1. The van der Waals surface area contributed by atoms with Crippen LogP contribution in [-0.2, 0) is 12.7 Å². The zero-order chi connectivity index (χ0) is 15.9. The van der Waals surface area contributed by atoms with Crippen molar-refractivity contribution in [1.29, 1.82) is 0 Å². The number of hydrogen-bond donors (Lipinski definition) is 1. The summed E-state index contributed by atoms with van der Waals surface area (Å²) in [6.07, 6.45) is -0.917. The molecule has 1 N–H and O–H groups in total. The van der Waals surface area contributed by atoms with E-state index in [1.165, 1.54) is 6.20 Å². The average Bonchev–Trinajstić information content (AvgIpc) is 2.79. The van der Waals surface area contributed by atoms with Crippen molar-refractivity contribution in [3.8, 4) is 0 Å². The molecule has 5 nitrogen and oxygen atoms in total. The number of pyridine rings is 1. The van der Waals surface area contributed by atoms with E-state index in [1.807, 2.05) is 0 Å². The molecule has 2 aromatic rings. The molecule has 0 amide bonds. The molecule has 2 aromatic heterocycles. The van der Waals surface area contributed by atoms with Crippen molar-refractivity contribution >= 4 is 5.65 Å². The summed E-state index contributed by atoms with van der Waals surface area (Å²) in [7, 11) is 0. The van der Waals surface area contributed by atoms with Crippen molar-refractivity contribution in [3.63, 3.8) is 0 Å². The highest BCUT2D eigenvalue weighted by Gasteiger charge is 2.35. The van der Waals surface area contributed by atoms with Crippen LogP contribution in [0.3, 0.4) is 0 Å². The highest BCUT2D eigenvalue weighted by molar-refractivity contribution is 5.49. The van der Waals surface area contributed by atoms with Gasteiger partial charge < -0.3 is 0 Å². The number of nitrogens with one attached hydrogen (secondary N) is 1. The van der Waals surface area contributed by atoms with Crippen LogP contribution in [0.4, 0.5) is 13.2 Å². The van der Waals surface area contributed by atoms with Crippen LogP contribution in [0.2, 0.25) is 0 Å². The fraction of sp³-hybridized carbons (Fsp3) is 0.571. The Morgan fingerprint density at radius 2 is 2.23 bits per heavy atom. The molecule has 1 atom stereocenters. The Kier molecular flexibility index (Phi) is 3.72. The smallest absolute Gasteiger partial charge is 0.299 e. The number of alkyl halides is 3. The highest BCUT2D eigenvalue weighted by Crippen LogP contribution is 2.32. The van der Waals surface area contributed by atoms with Crippen molar-refractivity contribution in [2.45, 2.75) is 32.5 Å². The Hall–Kier alpha value is -1.83. The third kappa shape index (κ3) is 2.87. The van der Waals surface area contributed by atoms with Gasteiger partial charge in [-0.15, -0.1) is 0 Å². The monoisotopic (exact) mass is 314 g/mol. The lowest BCUT2D eigenvalue weighted by Crippen LogP contribution is -2.34. The van der Waals surface area contributed by atoms with Gasteiger partial charge in [-0.05, 0) is 36.9 Å². The molecule has 0 aromatic carbocycles. The van der Waals surface area contributed by atoms with Crippen molar-refractivity contribution in [1.82, 2.24) is 19.5 Å². The first-order valence-electron chi connectivity index (χ1n) is 7.24. The summed E-state index contributed by atoms with van der Waals surface area (Å²) in [5, 5.41) is 5.55. The molecule has 8 heteroatoms. The van der Waals surface area contributed by atoms with Gasteiger partial charge in [0.25, 0.3) is 0 Å². The van der Waals surface area contributed by atoms with Crippen LogP contribution < -0.4 is 5.69 Å². The number of aromatic nitrogens is 3. The third-order valence-electron chi connectivity index (χ3n) is 4.02. The second-order valence-electron chi connectivity index (χ2n) is 5.96. The largest absolute Gasteiger partial charge is 0.420 e. The number of fused-ring (bicyclic) bond motifs is 1. The van der Waals surface area contributed by atoms with Gasteiger partial charge in [-0.25, -0.2) is 14.3 Å². The number of piperidine rings is 1. The van der Waals surface area contributed by atoms with Crippen molar-refractivity contribution in [2.24, 2.45) is 5.92 Å². The van der Waals surface area contributed by atoms with E-state index in [1.54, 1.807) is 0 Å². The SMILES string of the molecule is C[C@H]1CCCN(Cc2cc(C(F)(F)F)c3n[nH]c(=O)n3c2)C1. The molecule has 0 saturated carbocycles. The minimum atomic E-state index is -4.54. The Bertz CT molecular complexity index is 734. The number of aromatic amines is 1. The van der Waals surface area contributed by atoms with E-state index in [9.17, 15) is 18.0 Å². The van der Waals surface area contributed by atoms with E-state index < -0.39 is 17.4 Å². The van der Waals surface area contributed by atoms with Crippen molar-refractivity contribution < 1.29 is 13.2 Å². The topological polar surface area (TPSA) is 53.4 Å². The zero-order valence-electron chi connectivity index (χ0n) is 12.2. The second kappa shape index (κ2) is 5.42. The molecule has 22 heavy (non-hydrogen) atoms. The van der Waals surface area contributed by atoms with E-state index >= 15 is 0 Å². The van der Waals surface area contributed by atoms with Crippen molar-refractivity contribution in [2.75, 3.05) is 13.1 Å². The van der Waals surface area contributed by atoms with Crippen LogP contribution in [0.15, 0.2) is 17.1 Å². The number of H-pyrrole nitrogens is 1. The van der Waals surface area contributed by atoms with Gasteiger partial charge in [0.05, 0.1) is 0 Å². The number of halogens is 3. The maximum absolute atomic E-state index is 13.2. The van der Waals surface area contributed by atoms with Crippen LogP contribution in [0.25, 0.3) is 5.65 Å². The quantitative estimate of drug-likeness (QED) is 0.925. The summed E-state index contributed by atoms with van der Waals surface area (Å²) >= 11 is 0. The van der Waals surface area contributed by atoms with Gasteiger partial charge in [-0.3, -0.25) is 4.90 Å². The van der Waals surface area contributed by atoms with E-state index in [4.69, 9.17) is 0 Å². The summed E-state index contributed by atoms with van der Waals surface area (Å²) in [5.74, 6) is 0.538. The van der Waals surface area contributed by atoms with Gasteiger partial charge in [0.2, 0.25) is 0 Å². The van der Waals surface area contributed by atoms with E-state index in [0.29, 0.717) is 18.0 Å². The summed E-state index contributed by atoms with van der Waals surface area (Å²) in [6, 6.07) is 1.09. The number of likely N-dealkylation sites (tertiary alicyclic amines) is 1. The molecule has 0 unspecified atom stereocenters. The lowest BCUT2D eigenvalue weighted by Gasteiger charge is -2.30. The zero-order valence-corrected chi connectivity index (χ0v) is 12.2. The van der Waals surface area contributed by atoms with Gasteiger partial charge in [0.1, 0.15) is 5.56 Å². The molecular weight excluding hydrogens is 297 g/mol. The Morgan fingerprint density at radius 1 is 1.45 bits per heavy atom. The average molecular weight is 314 g/mol. The molecule has 1 aliphatic heterocycles. The first kappa shape index (κ1) is 15.1. The molecule has 1 fully saturated rings. The van der Waals surface area contributed by atoms with Gasteiger partial charge in [-0.2, -0.15) is 18.3 Å². The fourth-order valence-electron chi connectivity index (χ4n) is 3.05. The molecule has 3 heterocycles. The Balaban J connectivity index is 1.99. The van der Waals surface area contributed by atoms with E-state index in [-0.39, 0.29) is 5.65 Å². The van der Waals surface area contributed by atoms with Crippen LogP contribution in [0.1, 0.15) is 30.9 Å². The first-order chi connectivity index (χ1) is 10.3. The van der Waals surface area contributed by atoms with Crippen LogP contribution >= 0.6 is 0 Å². The summed E-state index contributed by atoms with van der Waals surface area (Å²) in [6.45, 7) is 4.27. The van der Waals surface area contributed by atoms with Crippen LogP contribution in [0.5, 0.6) is 0 Å². The maximum Gasteiger partial charge on any atom is 0.420 e. The Labute approximate surface area is 124 Å². The highest BCUT2D eigenvalue weighted by atomic mass is 19.4. The second-order valence-corrected chi connectivity index (χ2v) is 5.96. The van der Waals surface area contributed by atoms with Crippen molar-refractivity contribution in [3.05, 3.63) is 33.9 Å². The maximum atomic E-state index is 13.2. The molecule has 0 spiro atoms. The summed E-state index contributed by atoms with van der Waals surface area (Å²) in [5.41, 5.74) is -1.45. The van der Waals surface area contributed by atoms with Crippen LogP contribution in [-0.4, -0.2) is 32.6 Å². The van der Waals surface area contributed by atoms with Gasteiger partial charge in [0, 0.05) is 19.3 Å². The lowest BCUT2D eigenvalue weighted by atomic mass is 10.00. The van der Waals surface area contributed by atoms with Gasteiger partial charge in [-0.1, -0.05) is 6.92 Å². The molecule has 1 saturated heterocycles. The molecule has 120 valence electrons. The predicted molar refractivity (Wildman–Crippen MR) is 74.5 cm³/mol. The predicted octanol–water partition coefficient (Wildman–Crippen LogP) is 2.27. The normalized spacial score (nSPS) is 20.6. The third-order valence-corrected chi connectivity index (χ3v) is 4.02. The van der Waals surface area contributed by atoms with Gasteiger partial charge in [0.15, 0.2) is 5.65 Å². The van der Waals surface area contributed by atoms with Crippen LogP contribution in [0, 0.1) is 5.92 Å². The summed E-state index contributed by atoms with van der Waals surface area (Å²) < 4.78 is 40.4. The van der Waals surface area contributed by atoms with E-state index in [2.05, 4.69) is 22.0 Å². The molecular formula is C14H17F3N4O. The molecule has 0 bridgehead atoms. The number of rotatable bonds is 2. The number of hydrogen-bond acceptors (Lipinski definition) is 3. The Morgan fingerprint density at radius 3 is 2.91 bits per heavy atom. The molecule has 1 aliphatic rings. The number of nitrogens with zero attached hydrogens (tertiary/aromatic N) is 3. The minimum Gasteiger partial charge on any atom is -0.299 e. The van der Waals surface area contributed by atoms with Gasteiger partial charge >= 0.3 is 11.9 Å².